The predicted molar refractivity (Wildman–Crippen MR) is 32.9 cm³/mol. The maximum absolute atomic E-state index is 9.13. The van der Waals surface area contributed by atoms with Gasteiger partial charge in [-0.25, -0.2) is 4.79 Å². The zero-order chi connectivity index (χ0) is 7.82. The van der Waals surface area contributed by atoms with Gasteiger partial charge in [0.15, 0.2) is 0 Å². The summed E-state index contributed by atoms with van der Waals surface area (Å²) in [4.78, 5) is 9.13. The van der Waals surface area contributed by atoms with Gasteiger partial charge < -0.3 is 5.11 Å². The van der Waals surface area contributed by atoms with Crippen molar-refractivity contribution in [3.05, 3.63) is 12.4 Å². The van der Waals surface area contributed by atoms with Crippen molar-refractivity contribution in [3.8, 4) is 12.3 Å². The quantitative estimate of drug-likeness (QED) is 0.475. The molecule has 0 spiro atoms. The molecule has 0 atom stereocenters. The number of hydrogen-bond acceptors (Lipinski definition) is 3. The van der Waals surface area contributed by atoms with E-state index in [1.54, 1.807) is 12.4 Å². The van der Waals surface area contributed by atoms with Crippen molar-refractivity contribution in [2.75, 3.05) is 0 Å². The molecule has 0 saturated heterocycles. The van der Waals surface area contributed by atoms with Crippen molar-refractivity contribution in [2.24, 2.45) is 0 Å². The summed E-state index contributed by atoms with van der Waals surface area (Å²) in [5.41, 5.74) is 0. The van der Waals surface area contributed by atoms with Gasteiger partial charge in [0.05, 0.1) is 12.4 Å². The molecule has 0 unspecified atom stereocenters. The topological polar surface area (TPSA) is 78.9 Å². The second-order valence-corrected chi connectivity index (χ2v) is 1.11. The highest BCUT2D eigenvalue weighted by molar-refractivity contribution is 5.85. The minimum Gasteiger partial charge on any atom is -0.472 e. The molecule has 0 bridgehead atoms. The third-order valence-electron chi connectivity index (χ3n) is 0.455. The molecule has 0 radical (unpaired) electrons. The molecule has 10 heavy (non-hydrogen) atoms. The third kappa shape index (κ3) is 6.17. The van der Waals surface area contributed by atoms with E-state index in [1.165, 1.54) is 5.92 Å². The molecule has 0 aliphatic rings. The number of H-pyrrole nitrogens is 1. The smallest absolute Gasteiger partial charge is 0.381 e. The van der Waals surface area contributed by atoms with Crippen molar-refractivity contribution in [2.45, 2.75) is 0 Å². The highest BCUT2D eigenvalue weighted by Gasteiger charge is 1.74. The fraction of sp³-hybridized carbons (Fsp3) is 0. The Bertz CT molecular complexity index is 194. The van der Waals surface area contributed by atoms with Crippen LogP contribution in [0.25, 0.3) is 0 Å². The highest BCUT2D eigenvalue weighted by atomic mass is 16.4. The van der Waals surface area contributed by atoms with E-state index in [4.69, 9.17) is 9.90 Å². The number of carboxylic acid groups (broad SMARTS) is 1. The summed E-state index contributed by atoms with van der Waals surface area (Å²) in [6.45, 7) is 0. The van der Waals surface area contributed by atoms with Crippen molar-refractivity contribution >= 4 is 5.97 Å². The maximum atomic E-state index is 9.13. The molecular formula is C5H5N3O2. The Balaban J connectivity index is 0.000000162. The second-order valence-electron chi connectivity index (χ2n) is 1.11. The molecule has 1 aromatic rings. The predicted octanol–water partition coefficient (Wildman–Crippen LogP) is -0.491. The average Bonchev–Trinajstić information content (AvgIpc) is 2.43. The summed E-state index contributed by atoms with van der Waals surface area (Å²) in [5.74, 6) is 0.227. The number of nitrogens with zero attached hydrogens (tertiary/aromatic N) is 2. The number of carbonyl (C=O) groups is 1. The number of carboxylic acids is 1. The maximum Gasteiger partial charge on any atom is 0.381 e. The van der Waals surface area contributed by atoms with Gasteiger partial charge in [0, 0.05) is 5.92 Å². The van der Waals surface area contributed by atoms with Crippen LogP contribution in [-0.4, -0.2) is 26.5 Å². The lowest BCUT2D eigenvalue weighted by molar-refractivity contribution is -0.130. The normalized spacial score (nSPS) is 6.70. The van der Waals surface area contributed by atoms with Gasteiger partial charge in [0.1, 0.15) is 0 Å². The summed E-state index contributed by atoms with van der Waals surface area (Å²) in [5, 5.41) is 16.8. The number of rotatable bonds is 0. The van der Waals surface area contributed by atoms with E-state index in [-0.39, 0.29) is 0 Å². The number of hydrogen-bond donors (Lipinski definition) is 2. The van der Waals surface area contributed by atoms with Crippen LogP contribution < -0.4 is 0 Å². The monoisotopic (exact) mass is 139 g/mol. The number of aromatic nitrogens is 3. The number of nitrogens with one attached hydrogen (secondary N) is 1. The third-order valence-corrected chi connectivity index (χ3v) is 0.455. The average molecular weight is 139 g/mol. The summed E-state index contributed by atoms with van der Waals surface area (Å²) in [6, 6.07) is 0. The van der Waals surface area contributed by atoms with Gasteiger partial charge in [-0.15, -0.1) is 6.42 Å². The largest absolute Gasteiger partial charge is 0.472 e. The second kappa shape index (κ2) is 5.31. The molecule has 52 valence electrons. The van der Waals surface area contributed by atoms with E-state index in [1.807, 2.05) is 0 Å². The zero-order valence-electron chi connectivity index (χ0n) is 4.98. The summed E-state index contributed by atoms with van der Waals surface area (Å²) in [6.07, 6.45) is 7.49. The molecule has 0 saturated carbocycles. The van der Waals surface area contributed by atoms with Crippen LogP contribution in [0, 0.1) is 12.3 Å². The number of terminal acetylenes is 1. The molecule has 0 fully saturated rings. The van der Waals surface area contributed by atoms with E-state index < -0.39 is 5.97 Å². The van der Waals surface area contributed by atoms with E-state index >= 15 is 0 Å². The molecular weight excluding hydrogens is 134 g/mol. The van der Waals surface area contributed by atoms with E-state index in [2.05, 4.69) is 21.8 Å². The van der Waals surface area contributed by atoms with Gasteiger partial charge in [-0.1, -0.05) is 0 Å². The molecule has 0 aromatic carbocycles. The first-order valence-corrected chi connectivity index (χ1v) is 2.26. The van der Waals surface area contributed by atoms with E-state index in [0.717, 1.165) is 0 Å². The van der Waals surface area contributed by atoms with Crippen LogP contribution in [0.1, 0.15) is 0 Å². The van der Waals surface area contributed by atoms with Crippen LogP contribution in [0.5, 0.6) is 0 Å². The molecule has 1 aromatic heterocycles. The van der Waals surface area contributed by atoms with Gasteiger partial charge >= 0.3 is 5.97 Å². The van der Waals surface area contributed by atoms with Gasteiger partial charge in [-0.05, 0) is 0 Å². The molecule has 5 nitrogen and oxygen atoms in total. The lowest BCUT2D eigenvalue weighted by Crippen LogP contribution is -1.83. The first-order valence-electron chi connectivity index (χ1n) is 2.26. The Morgan fingerprint density at radius 1 is 1.60 bits per heavy atom. The van der Waals surface area contributed by atoms with Crippen molar-refractivity contribution in [1.29, 1.82) is 0 Å². The fourth-order valence-electron chi connectivity index (χ4n) is 0.167. The number of aliphatic carboxylic acids is 1. The van der Waals surface area contributed by atoms with Crippen molar-refractivity contribution < 1.29 is 9.90 Å². The summed E-state index contributed by atoms with van der Waals surface area (Å²) in [7, 11) is 0. The zero-order valence-corrected chi connectivity index (χ0v) is 4.98. The SMILES string of the molecule is C#CC(=O)O.c1cn[nH]n1. The molecule has 5 heteroatoms. The summed E-state index contributed by atoms with van der Waals surface area (Å²) >= 11 is 0. The molecule has 2 N–H and O–H groups in total. The van der Waals surface area contributed by atoms with Gasteiger partial charge in [0.2, 0.25) is 0 Å². The van der Waals surface area contributed by atoms with E-state index in [0.29, 0.717) is 0 Å². The van der Waals surface area contributed by atoms with Crippen molar-refractivity contribution in [1.82, 2.24) is 15.4 Å². The Morgan fingerprint density at radius 2 is 2.00 bits per heavy atom. The summed E-state index contributed by atoms with van der Waals surface area (Å²) < 4.78 is 0. The highest BCUT2D eigenvalue weighted by Crippen LogP contribution is 1.55. The fourth-order valence-corrected chi connectivity index (χ4v) is 0.167. The standard InChI is InChI=1S/C3H2O2.C2H3N3/c1-2-3(4)5;1-2-4-5-3-1/h1H,(H,4,5);1-2H,(H,3,4,5). The van der Waals surface area contributed by atoms with Crippen LogP contribution in [0.4, 0.5) is 0 Å². The first-order chi connectivity index (χ1) is 4.77. The van der Waals surface area contributed by atoms with E-state index in [9.17, 15) is 0 Å². The van der Waals surface area contributed by atoms with Crippen LogP contribution >= 0.6 is 0 Å². The van der Waals surface area contributed by atoms with Gasteiger partial charge in [-0.3, -0.25) is 0 Å². The lowest BCUT2D eigenvalue weighted by Gasteiger charge is -1.60. The Hall–Kier alpha value is -1.83. The number of aromatic amines is 1. The molecule has 0 aliphatic heterocycles. The molecule has 0 amide bonds. The van der Waals surface area contributed by atoms with Crippen LogP contribution in [0.15, 0.2) is 12.4 Å². The minimum absolute atomic E-state index is 1.22. The Kier molecular flexibility index (Phi) is 4.34. The first kappa shape index (κ1) is 8.17. The van der Waals surface area contributed by atoms with Crippen molar-refractivity contribution in [3.63, 3.8) is 0 Å². The minimum atomic E-state index is -1.22. The van der Waals surface area contributed by atoms with Gasteiger partial charge in [-0.2, -0.15) is 15.4 Å². The lowest BCUT2D eigenvalue weighted by atomic mass is 10.7. The van der Waals surface area contributed by atoms with Crippen LogP contribution in [0.3, 0.4) is 0 Å². The van der Waals surface area contributed by atoms with Crippen LogP contribution in [-0.2, 0) is 4.79 Å². The van der Waals surface area contributed by atoms with Crippen LogP contribution in [0.2, 0.25) is 0 Å². The van der Waals surface area contributed by atoms with Gasteiger partial charge in [0.25, 0.3) is 0 Å². The molecule has 1 heterocycles. The molecule has 0 aliphatic carbocycles. The Morgan fingerprint density at radius 3 is 2.10 bits per heavy atom. The Labute approximate surface area is 57.1 Å². The molecule has 1 rings (SSSR count).